The highest BCUT2D eigenvalue weighted by Gasteiger charge is 2.03. The molecule has 3 nitrogen and oxygen atoms in total. The van der Waals surface area contributed by atoms with Gasteiger partial charge in [-0.05, 0) is 42.4 Å². The number of rotatable bonds is 8. The Kier molecular flexibility index (Phi) is 7.01. The van der Waals surface area contributed by atoms with Gasteiger partial charge in [0.25, 0.3) is 0 Å². The minimum Gasteiger partial charge on any atom is -0.465 e. The first-order chi connectivity index (χ1) is 9.15. The standard InChI is InChI=1S/C16H25NO2/c1-3-5-7-13-9-14(8-6-4-2)11-15(10-13)12-17-16(18)19/h9-11,17H,3-8,12H2,1-2H3,(H,18,19). The van der Waals surface area contributed by atoms with Gasteiger partial charge >= 0.3 is 6.09 Å². The van der Waals surface area contributed by atoms with E-state index in [1.165, 1.54) is 36.8 Å². The molecule has 0 fully saturated rings. The zero-order valence-electron chi connectivity index (χ0n) is 12.0. The number of hydrogen-bond donors (Lipinski definition) is 2. The third kappa shape index (κ3) is 6.27. The number of carboxylic acid groups (broad SMARTS) is 1. The minimum absolute atomic E-state index is 0.397. The molecular weight excluding hydrogens is 238 g/mol. The normalized spacial score (nSPS) is 10.4. The van der Waals surface area contributed by atoms with E-state index in [-0.39, 0.29) is 0 Å². The summed E-state index contributed by atoms with van der Waals surface area (Å²) < 4.78 is 0. The topological polar surface area (TPSA) is 49.3 Å². The van der Waals surface area contributed by atoms with Gasteiger partial charge < -0.3 is 10.4 Å². The Morgan fingerprint density at radius 1 is 1.00 bits per heavy atom. The molecule has 3 heteroatoms. The van der Waals surface area contributed by atoms with Crippen molar-refractivity contribution in [3.63, 3.8) is 0 Å². The molecule has 0 unspecified atom stereocenters. The van der Waals surface area contributed by atoms with Crippen LogP contribution in [0.15, 0.2) is 18.2 Å². The lowest BCUT2D eigenvalue weighted by molar-refractivity contribution is 0.194. The summed E-state index contributed by atoms with van der Waals surface area (Å²) in [5, 5.41) is 11.1. The second-order valence-electron chi connectivity index (χ2n) is 5.02. The van der Waals surface area contributed by atoms with Crippen LogP contribution < -0.4 is 5.32 Å². The van der Waals surface area contributed by atoms with Crippen LogP contribution in [0.1, 0.15) is 56.2 Å². The number of amides is 1. The van der Waals surface area contributed by atoms with Gasteiger partial charge in [-0.15, -0.1) is 0 Å². The summed E-state index contributed by atoms with van der Waals surface area (Å²) in [7, 11) is 0. The molecule has 1 amide bonds. The fourth-order valence-electron chi connectivity index (χ4n) is 2.17. The quantitative estimate of drug-likeness (QED) is 0.740. The van der Waals surface area contributed by atoms with Gasteiger partial charge in [-0.2, -0.15) is 0 Å². The average Bonchev–Trinajstić information content (AvgIpc) is 2.40. The minimum atomic E-state index is -0.964. The smallest absolute Gasteiger partial charge is 0.404 e. The molecule has 1 aromatic rings. The molecule has 19 heavy (non-hydrogen) atoms. The van der Waals surface area contributed by atoms with Crippen LogP contribution in [0.25, 0.3) is 0 Å². The van der Waals surface area contributed by atoms with Crippen molar-refractivity contribution in [1.29, 1.82) is 0 Å². The zero-order valence-corrected chi connectivity index (χ0v) is 12.0. The molecule has 0 bridgehead atoms. The van der Waals surface area contributed by atoms with E-state index in [0.717, 1.165) is 18.4 Å². The average molecular weight is 263 g/mol. The van der Waals surface area contributed by atoms with Crippen LogP contribution in [-0.4, -0.2) is 11.2 Å². The van der Waals surface area contributed by atoms with Crippen molar-refractivity contribution < 1.29 is 9.90 Å². The fraction of sp³-hybridized carbons (Fsp3) is 0.562. The number of aryl methyl sites for hydroxylation is 2. The first kappa shape index (κ1) is 15.5. The summed E-state index contributed by atoms with van der Waals surface area (Å²) in [6.07, 6.45) is 5.93. The number of unbranched alkanes of at least 4 members (excludes halogenated alkanes) is 2. The maximum Gasteiger partial charge on any atom is 0.404 e. The molecule has 0 spiro atoms. The number of carbonyl (C=O) groups is 1. The first-order valence-corrected chi connectivity index (χ1v) is 7.24. The van der Waals surface area contributed by atoms with Crippen LogP contribution >= 0.6 is 0 Å². The third-order valence-electron chi connectivity index (χ3n) is 3.19. The lowest BCUT2D eigenvalue weighted by atomic mass is 9.98. The molecule has 2 N–H and O–H groups in total. The number of benzene rings is 1. The van der Waals surface area contributed by atoms with Crippen LogP contribution in [0.5, 0.6) is 0 Å². The molecule has 1 rings (SSSR count). The van der Waals surface area contributed by atoms with E-state index in [9.17, 15) is 4.79 Å². The summed E-state index contributed by atoms with van der Waals surface area (Å²) in [5.74, 6) is 0. The molecule has 0 atom stereocenters. The van der Waals surface area contributed by atoms with Gasteiger partial charge in [0.2, 0.25) is 0 Å². The van der Waals surface area contributed by atoms with Crippen LogP contribution in [0.4, 0.5) is 4.79 Å². The first-order valence-electron chi connectivity index (χ1n) is 7.24. The largest absolute Gasteiger partial charge is 0.465 e. The molecule has 0 aliphatic heterocycles. The number of hydrogen-bond acceptors (Lipinski definition) is 1. The Morgan fingerprint density at radius 2 is 1.47 bits per heavy atom. The van der Waals surface area contributed by atoms with E-state index in [1.807, 2.05) is 0 Å². The van der Waals surface area contributed by atoms with Crippen LogP contribution in [-0.2, 0) is 19.4 Å². The van der Waals surface area contributed by atoms with Crippen molar-refractivity contribution in [2.45, 2.75) is 58.9 Å². The molecule has 0 aromatic heterocycles. The molecule has 0 heterocycles. The van der Waals surface area contributed by atoms with E-state index in [2.05, 4.69) is 37.4 Å². The van der Waals surface area contributed by atoms with Gasteiger partial charge in [-0.25, -0.2) is 4.79 Å². The third-order valence-corrected chi connectivity index (χ3v) is 3.19. The zero-order chi connectivity index (χ0) is 14.1. The van der Waals surface area contributed by atoms with Crippen molar-refractivity contribution in [1.82, 2.24) is 5.32 Å². The van der Waals surface area contributed by atoms with Crippen molar-refractivity contribution in [3.8, 4) is 0 Å². The maximum absolute atomic E-state index is 10.6. The SMILES string of the molecule is CCCCc1cc(CCCC)cc(CNC(=O)O)c1. The summed E-state index contributed by atoms with van der Waals surface area (Å²) in [5.41, 5.74) is 3.73. The highest BCUT2D eigenvalue weighted by molar-refractivity contribution is 5.64. The van der Waals surface area contributed by atoms with Crippen LogP contribution in [0.3, 0.4) is 0 Å². The van der Waals surface area contributed by atoms with E-state index < -0.39 is 6.09 Å². The van der Waals surface area contributed by atoms with Gasteiger partial charge in [0.05, 0.1) is 0 Å². The highest BCUT2D eigenvalue weighted by atomic mass is 16.4. The second-order valence-corrected chi connectivity index (χ2v) is 5.02. The van der Waals surface area contributed by atoms with Gasteiger partial charge in [0, 0.05) is 6.54 Å². The maximum atomic E-state index is 10.6. The molecule has 0 saturated carbocycles. The Bertz CT molecular complexity index is 375. The van der Waals surface area contributed by atoms with Crippen LogP contribution in [0, 0.1) is 0 Å². The van der Waals surface area contributed by atoms with Crippen molar-refractivity contribution >= 4 is 6.09 Å². The molecule has 0 saturated heterocycles. The molecule has 0 radical (unpaired) electrons. The highest BCUT2D eigenvalue weighted by Crippen LogP contribution is 2.15. The Morgan fingerprint density at radius 3 is 1.89 bits per heavy atom. The summed E-state index contributed by atoms with van der Waals surface area (Å²) >= 11 is 0. The molecule has 106 valence electrons. The van der Waals surface area contributed by atoms with Gasteiger partial charge in [-0.1, -0.05) is 44.9 Å². The Labute approximate surface area is 116 Å². The monoisotopic (exact) mass is 263 g/mol. The fourth-order valence-corrected chi connectivity index (χ4v) is 2.17. The summed E-state index contributed by atoms with van der Waals surface area (Å²) in [6, 6.07) is 6.53. The van der Waals surface area contributed by atoms with Crippen molar-refractivity contribution in [2.75, 3.05) is 0 Å². The van der Waals surface area contributed by atoms with Gasteiger partial charge in [-0.3, -0.25) is 0 Å². The van der Waals surface area contributed by atoms with Crippen molar-refractivity contribution in [2.24, 2.45) is 0 Å². The van der Waals surface area contributed by atoms with E-state index >= 15 is 0 Å². The predicted molar refractivity (Wildman–Crippen MR) is 78.5 cm³/mol. The molecular formula is C16H25NO2. The molecule has 1 aromatic carbocycles. The number of nitrogens with one attached hydrogen (secondary N) is 1. The molecule has 0 aliphatic rings. The lowest BCUT2D eigenvalue weighted by Gasteiger charge is -2.10. The Hall–Kier alpha value is -1.51. The predicted octanol–water partition coefficient (Wildman–Crippen LogP) is 4.14. The van der Waals surface area contributed by atoms with Crippen molar-refractivity contribution in [3.05, 3.63) is 34.9 Å². The Balaban J connectivity index is 2.78. The van der Waals surface area contributed by atoms with E-state index in [1.54, 1.807) is 0 Å². The van der Waals surface area contributed by atoms with Crippen LogP contribution in [0.2, 0.25) is 0 Å². The summed E-state index contributed by atoms with van der Waals surface area (Å²) in [4.78, 5) is 10.6. The van der Waals surface area contributed by atoms with Gasteiger partial charge in [0.15, 0.2) is 0 Å². The van der Waals surface area contributed by atoms with E-state index in [4.69, 9.17) is 5.11 Å². The van der Waals surface area contributed by atoms with Gasteiger partial charge in [0.1, 0.15) is 0 Å². The molecule has 0 aliphatic carbocycles. The lowest BCUT2D eigenvalue weighted by Crippen LogP contribution is -2.20. The van der Waals surface area contributed by atoms with E-state index in [0.29, 0.717) is 6.54 Å². The second kappa shape index (κ2) is 8.57. The summed E-state index contributed by atoms with van der Waals surface area (Å²) in [6.45, 7) is 4.77.